The van der Waals surface area contributed by atoms with Crippen LogP contribution in [0.3, 0.4) is 0 Å². The van der Waals surface area contributed by atoms with Crippen molar-refractivity contribution in [3.05, 3.63) is 53.3 Å². The third kappa shape index (κ3) is 3.56. The zero-order valence-electron chi connectivity index (χ0n) is 11.0. The predicted octanol–water partition coefficient (Wildman–Crippen LogP) is 2.89. The van der Waals surface area contributed by atoms with Crippen LogP contribution in [0.25, 0.3) is 0 Å². The van der Waals surface area contributed by atoms with Crippen LogP contribution in [0.5, 0.6) is 0 Å². The molecule has 7 heteroatoms. The van der Waals surface area contributed by atoms with Gasteiger partial charge in [-0.1, -0.05) is 12.1 Å². The van der Waals surface area contributed by atoms with E-state index in [1.54, 1.807) is 13.2 Å². The first-order valence-corrected chi connectivity index (χ1v) is 6.00. The molecule has 1 heterocycles. The Balaban J connectivity index is 2.15. The quantitative estimate of drug-likeness (QED) is 0.644. The van der Waals surface area contributed by atoms with Gasteiger partial charge in [0.15, 0.2) is 11.6 Å². The monoisotopic (exact) mass is 296 g/mol. The number of hydrogen-bond donors (Lipinski definition) is 0. The molecule has 4 nitrogen and oxygen atoms in total. The average Bonchev–Trinajstić information content (AvgIpc) is 2.84. The minimum atomic E-state index is -4.53. The van der Waals surface area contributed by atoms with Crippen LogP contribution in [0.1, 0.15) is 32.8 Å². The van der Waals surface area contributed by atoms with E-state index < -0.39 is 29.7 Å². The van der Waals surface area contributed by atoms with Crippen LogP contribution in [-0.2, 0) is 13.2 Å². The second-order valence-electron chi connectivity index (χ2n) is 4.48. The van der Waals surface area contributed by atoms with E-state index in [1.807, 2.05) is 0 Å². The lowest BCUT2D eigenvalue weighted by atomic mass is 10.0. The van der Waals surface area contributed by atoms with Gasteiger partial charge in [0, 0.05) is 18.8 Å². The Morgan fingerprint density at radius 1 is 1.19 bits per heavy atom. The fourth-order valence-corrected chi connectivity index (χ4v) is 1.77. The first-order chi connectivity index (χ1) is 9.77. The maximum absolute atomic E-state index is 12.6. The molecule has 0 unspecified atom stereocenters. The molecule has 0 atom stereocenters. The number of carbonyl (C=O) groups excluding carboxylic acids is 2. The summed E-state index contributed by atoms with van der Waals surface area (Å²) in [5.41, 5.74) is -0.953. The van der Waals surface area contributed by atoms with Gasteiger partial charge in [-0.05, 0) is 18.2 Å². The van der Waals surface area contributed by atoms with Gasteiger partial charge >= 0.3 is 6.18 Å². The number of Topliss-reactive ketones (excluding diaryl/α,β-unsaturated/α-hetero) is 2. The smallest absolute Gasteiger partial charge is 0.294 e. The number of benzene rings is 1. The first-order valence-electron chi connectivity index (χ1n) is 6.00. The molecular weight excluding hydrogens is 285 g/mol. The molecule has 2 aromatic rings. The van der Waals surface area contributed by atoms with Gasteiger partial charge in [-0.25, -0.2) is 0 Å². The number of aryl methyl sites for hydroxylation is 1. The molecule has 1 aromatic heterocycles. The topological polar surface area (TPSA) is 52.0 Å². The van der Waals surface area contributed by atoms with E-state index in [4.69, 9.17) is 0 Å². The van der Waals surface area contributed by atoms with Crippen LogP contribution >= 0.6 is 0 Å². The summed E-state index contributed by atoms with van der Waals surface area (Å²) in [5, 5.41) is 3.85. The molecule has 110 valence electrons. The molecular formula is C14H11F3N2O2. The van der Waals surface area contributed by atoms with Crippen molar-refractivity contribution in [3.8, 4) is 0 Å². The summed E-state index contributed by atoms with van der Waals surface area (Å²) in [6, 6.07) is 5.46. The molecule has 2 rings (SSSR count). The minimum absolute atomic E-state index is 0.109. The van der Waals surface area contributed by atoms with Crippen molar-refractivity contribution in [2.75, 3.05) is 0 Å². The fourth-order valence-electron chi connectivity index (χ4n) is 1.77. The maximum atomic E-state index is 12.6. The van der Waals surface area contributed by atoms with E-state index >= 15 is 0 Å². The standard InChI is InChI=1S/C14H11F3N2O2/c1-19-6-5-11(18-19)13(21)8-12(20)9-3-2-4-10(7-9)14(15,16)17/h2-7H,8H2,1H3. The van der Waals surface area contributed by atoms with Gasteiger partial charge in [-0.2, -0.15) is 18.3 Å². The van der Waals surface area contributed by atoms with Crippen molar-refractivity contribution in [1.82, 2.24) is 9.78 Å². The van der Waals surface area contributed by atoms with Crippen LogP contribution in [0.2, 0.25) is 0 Å². The van der Waals surface area contributed by atoms with Crippen molar-refractivity contribution in [2.24, 2.45) is 7.05 Å². The molecule has 0 saturated carbocycles. The number of nitrogens with zero attached hydrogens (tertiary/aromatic N) is 2. The van der Waals surface area contributed by atoms with Gasteiger partial charge in [-0.15, -0.1) is 0 Å². The fraction of sp³-hybridized carbons (Fsp3) is 0.214. The highest BCUT2D eigenvalue weighted by Gasteiger charge is 2.31. The lowest BCUT2D eigenvalue weighted by Crippen LogP contribution is -2.11. The van der Waals surface area contributed by atoms with Crippen molar-refractivity contribution < 1.29 is 22.8 Å². The highest BCUT2D eigenvalue weighted by Crippen LogP contribution is 2.29. The molecule has 0 bridgehead atoms. The summed E-state index contributed by atoms with van der Waals surface area (Å²) in [6.45, 7) is 0. The molecule has 0 aliphatic heterocycles. The maximum Gasteiger partial charge on any atom is 0.416 e. The number of aromatic nitrogens is 2. The summed E-state index contributed by atoms with van der Waals surface area (Å²) in [7, 11) is 1.62. The second kappa shape index (κ2) is 5.51. The summed E-state index contributed by atoms with van der Waals surface area (Å²) in [6.07, 6.45) is -3.50. The molecule has 0 radical (unpaired) electrons. The molecule has 1 aromatic carbocycles. The molecule has 0 spiro atoms. The lowest BCUT2D eigenvalue weighted by molar-refractivity contribution is -0.137. The van der Waals surface area contributed by atoms with Crippen molar-refractivity contribution in [3.63, 3.8) is 0 Å². The lowest BCUT2D eigenvalue weighted by Gasteiger charge is -2.07. The largest absolute Gasteiger partial charge is 0.416 e. The zero-order chi connectivity index (χ0) is 15.6. The summed E-state index contributed by atoms with van der Waals surface area (Å²) >= 11 is 0. The van der Waals surface area contributed by atoms with E-state index in [0.29, 0.717) is 0 Å². The van der Waals surface area contributed by atoms with Gasteiger partial charge in [0.05, 0.1) is 12.0 Å². The molecule has 0 amide bonds. The Kier molecular flexibility index (Phi) is 3.93. The summed E-state index contributed by atoms with van der Waals surface area (Å²) in [5.74, 6) is -1.20. The predicted molar refractivity (Wildman–Crippen MR) is 67.9 cm³/mol. The zero-order valence-corrected chi connectivity index (χ0v) is 11.0. The highest BCUT2D eigenvalue weighted by molar-refractivity contribution is 6.12. The number of hydrogen-bond acceptors (Lipinski definition) is 3. The number of carbonyl (C=O) groups is 2. The molecule has 0 saturated heterocycles. The first kappa shape index (κ1) is 15.0. The summed E-state index contributed by atoms with van der Waals surface area (Å²) < 4.78 is 39.1. The Morgan fingerprint density at radius 3 is 2.48 bits per heavy atom. The van der Waals surface area contributed by atoms with E-state index in [1.165, 1.54) is 16.8 Å². The van der Waals surface area contributed by atoms with Gasteiger partial charge in [0.2, 0.25) is 0 Å². The van der Waals surface area contributed by atoms with Crippen molar-refractivity contribution in [1.29, 1.82) is 0 Å². The van der Waals surface area contributed by atoms with E-state index in [9.17, 15) is 22.8 Å². The Hall–Kier alpha value is -2.44. The Labute approximate surface area is 118 Å². The number of alkyl halides is 3. The summed E-state index contributed by atoms with van der Waals surface area (Å²) in [4.78, 5) is 23.7. The van der Waals surface area contributed by atoms with Gasteiger partial charge in [0.1, 0.15) is 5.69 Å². The molecule has 21 heavy (non-hydrogen) atoms. The highest BCUT2D eigenvalue weighted by atomic mass is 19.4. The van der Waals surface area contributed by atoms with Gasteiger partial charge in [0.25, 0.3) is 0 Å². The van der Waals surface area contributed by atoms with Crippen LogP contribution in [-0.4, -0.2) is 21.3 Å². The SMILES string of the molecule is Cn1ccc(C(=O)CC(=O)c2cccc(C(F)(F)F)c2)n1. The van der Waals surface area contributed by atoms with Gasteiger partial charge < -0.3 is 0 Å². The Morgan fingerprint density at radius 2 is 1.90 bits per heavy atom. The van der Waals surface area contributed by atoms with E-state index in [-0.39, 0.29) is 11.3 Å². The molecule has 0 aliphatic carbocycles. The third-order valence-corrected chi connectivity index (χ3v) is 2.83. The van der Waals surface area contributed by atoms with Crippen molar-refractivity contribution >= 4 is 11.6 Å². The van der Waals surface area contributed by atoms with E-state index in [0.717, 1.165) is 18.2 Å². The number of halogens is 3. The van der Waals surface area contributed by atoms with Gasteiger partial charge in [-0.3, -0.25) is 14.3 Å². The molecule has 0 aliphatic rings. The number of rotatable bonds is 4. The second-order valence-corrected chi connectivity index (χ2v) is 4.48. The van der Waals surface area contributed by atoms with E-state index in [2.05, 4.69) is 5.10 Å². The normalized spacial score (nSPS) is 11.4. The van der Waals surface area contributed by atoms with Crippen LogP contribution in [0.15, 0.2) is 36.5 Å². The van der Waals surface area contributed by atoms with Crippen LogP contribution < -0.4 is 0 Å². The molecule has 0 N–H and O–H groups in total. The number of ketones is 2. The van der Waals surface area contributed by atoms with Crippen LogP contribution in [0.4, 0.5) is 13.2 Å². The third-order valence-electron chi connectivity index (χ3n) is 2.83. The minimum Gasteiger partial charge on any atom is -0.294 e. The van der Waals surface area contributed by atoms with Crippen molar-refractivity contribution in [2.45, 2.75) is 12.6 Å². The average molecular weight is 296 g/mol. The Bertz CT molecular complexity index is 690. The molecule has 0 fully saturated rings. The van der Waals surface area contributed by atoms with Crippen LogP contribution in [0, 0.1) is 0 Å².